The van der Waals surface area contributed by atoms with E-state index < -0.39 is 0 Å². The zero-order chi connectivity index (χ0) is 13.8. The van der Waals surface area contributed by atoms with E-state index in [4.69, 9.17) is 0 Å². The summed E-state index contributed by atoms with van der Waals surface area (Å²) < 4.78 is 2.03. The molecule has 1 aromatic carbocycles. The molecule has 0 amide bonds. The summed E-state index contributed by atoms with van der Waals surface area (Å²) in [6, 6.07) is 9.96. The Kier molecular flexibility index (Phi) is 3.69. The van der Waals surface area contributed by atoms with Crippen molar-refractivity contribution in [2.45, 2.75) is 32.2 Å². The van der Waals surface area contributed by atoms with Gasteiger partial charge in [-0.05, 0) is 37.0 Å². The zero-order valence-corrected chi connectivity index (χ0v) is 11.4. The first kappa shape index (κ1) is 12.7. The van der Waals surface area contributed by atoms with Gasteiger partial charge in [0.05, 0.1) is 6.54 Å². The Balaban J connectivity index is 1.75. The van der Waals surface area contributed by atoms with Crippen molar-refractivity contribution in [3.63, 3.8) is 0 Å². The van der Waals surface area contributed by atoms with Crippen LogP contribution >= 0.6 is 0 Å². The third-order valence-corrected chi connectivity index (χ3v) is 3.63. The highest BCUT2D eigenvalue weighted by molar-refractivity contribution is 5.97. The molecule has 0 saturated carbocycles. The molecule has 0 saturated heterocycles. The second kappa shape index (κ2) is 5.79. The minimum atomic E-state index is 0.285. The van der Waals surface area contributed by atoms with Crippen molar-refractivity contribution < 1.29 is 4.79 Å². The average Bonchev–Trinajstić information content (AvgIpc) is 2.80. The van der Waals surface area contributed by atoms with Gasteiger partial charge in [0.1, 0.15) is 0 Å². The van der Waals surface area contributed by atoms with Crippen molar-refractivity contribution in [3.05, 3.63) is 59.4 Å². The molecule has 0 aliphatic heterocycles. The van der Waals surface area contributed by atoms with Crippen LogP contribution in [0.25, 0.3) is 0 Å². The van der Waals surface area contributed by atoms with Gasteiger partial charge in [-0.2, -0.15) is 0 Å². The van der Waals surface area contributed by atoms with Crippen LogP contribution in [0, 0.1) is 11.8 Å². The lowest BCUT2D eigenvalue weighted by atomic mass is 10.1. The lowest BCUT2D eigenvalue weighted by Gasteiger charge is -1.95. The Morgan fingerprint density at radius 1 is 1.05 bits per heavy atom. The van der Waals surface area contributed by atoms with Gasteiger partial charge >= 0.3 is 0 Å². The van der Waals surface area contributed by atoms with Gasteiger partial charge in [-0.1, -0.05) is 30.0 Å². The molecule has 3 rings (SSSR count). The van der Waals surface area contributed by atoms with Gasteiger partial charge in [-0.25, -0.2) is 0 Å². The molecule has 1 heterocycles. The molecule has 1 aromatic heterocycles. The number of rotatable bonds is 1. The van der Waals surface area contributed by atoms with Gasteiger partial charge in [0.2, 0.25) is 0 Å². The van der Waals surface area contributed by atoms with Crippen LogP contribution in [0.2, 0.25) is 0 Å². The summed E-state index contributed by atoms with van der Waals surface area (Å²) in [4.78, 5) is 12.0. The van der Waals surface area contributed by atoms with Crippen LogP contribution in [0.1, 0.15) is 40.7 Å². The first-order chi connectivity index (χ1) is 9.83. The minimum absolute atomic E-state index is 0.285. The van der Waals surface area contributed by atoms with E-state index in [0.717, 1.165) is 30.4 Å². The fraction of sp³-hybridized carbons (Fsp3) is 0.278. The number of aryl methyl sites for hydroxylation is 1. The fourth-order valence-corrected chi connectivity index (χ4v) is 2.59. The normalized spacial score (nSPS) is 14.1. The highest BCUT2D eigenvalue weighted by atomic mass is 16.1. The van der Waals surface area contributed by atoms with Gasteiger partial charge in [0.25, 0.3) is 0 Å². The highest BCUT2D eigenvalue weighted by Crippen LogP contribution is 2.21. The van der Waals surface area contributed by atoms with E-state index in [1.165, 1.54) is 5.56 Å². The molecule has 1 aliphatic carbocycles. The topological polar surface area (TPSA) is 22.0 Å². The maximum Gasteiger partial charge on any atom is 0.164 e. The number of hydrogen-bond donors (Lipinski definition) is 0. The van der Waals surface area contributed by atoms with Crippen molar-refractivity contribution in [1.29, 1.82) is 0 Å². The van der Waals surface area contributed by atoms with Crippen LogP contribution < -0.4 is 0 Å². The predicted octanol–water partition coefficient (Wildman–Crippen LogP) is 3.45. The summed E-state index contributed by atoms with van der Waals surface area (Å²) in [5.74, 6) is 6.59. The average molecular weight is 263 g/mol. The Hall–Kier alpha value is -2.27. The number of carbonyl (C=O) groups is 1. The van der Waals surface area contributed by atoms with Crippen molar-refractivity contribution >= 4 is 5.78 Å². The molecule has 2 heteroatoms. The number of Topliss-reactive ketones (excluding diaryl/α,β-unsaturated/α-hetero) is 1. The maximum atomic E-state index is 12.0. The number of nitrogens with zero attached hydrogens (tertiary/aromatic N) is 1. The highest BCUT2D eigenvalue weighted by Gasteiger charge is 2.17. The van der Waals surface area contributed by atoms with E-state index in [9.17, 15) is 4.79 Å². The summed E-state index contributed by atoms with van der Waals surface area (Å²) in [5.41, 5.74) is 3.12. The van der Waals surface area contributed by atoms with Crippen LogP contribution in [0.3, 0.4) is 0 Å². The predicted molar refractivity (Wildman–Crippen MR) is 79.6 cm³/mol. The van der Waals surface area contributed by atoms with E-state index in [1.54, 1.807) is 0 Å². The van der Waals surface area contributed by atoms with E-state index in [2.05, 4.69) is 18.0 Å². The molecule has 0 fully saturated rings. The molecule has 0 unspecified atom stereocenters. The molecule has 2 nitrogen and oxygen atoms in total. The van der Waals surface area contributed by atoms with Gasteiger partial charge in [0.15, 0.2) is 5.78 Å². The van der Waals surface area contributed by atoms with E-state index in [-0.39, 0.29) is 5.78 Å². The summed E-state index contributed by atoms with van der Waals surface area (Å²) in [6.45, 7) is 0.634. The number of fused-ring (bicyclic) bond motifs is 1. The number of aromatic nitrogens is 1. The largest absolute Gasteiger partial charge is 0.342 e. The molecule has 0 radical (unpaired) electrons. The molecule has 1 aliphatic rings. The van der Waals surface area contributed by atoms with Crippen LogP contribution in [0.5, 0.6) is 0 Å². The molecule has 0 atom stereocenters. The number of benzene rings is 1. The van der Waals surface area contributed by atoms with Gasteiger partial charge in [-0.15, -0.1) is 0 Å². The Labute approximate surface area is 119 Å². The van der Waals surface area contributed by atoms with Crippen molar-refractivity contribution in [2.24, 2.45) is 0 Å². The van der Waals surface area contributed by atoms with E-state index in [0.29, 0.717) is 13.0 Å². The van der Waals surface area contributed by atoms with Crippen molar-refractivity contribution in [1.82, 2.24) is 4.57 Å². The lowest BCUT2D eigenvalue weighted by Crippen LogP contribution is -1.97. The number of carbonyl (C=O) groups excluding carboxylic acids is 1. The second-order valence-electron chi connectivity index (χ2n) is 5.17. The molecular weight excluding hydrogens is 246 g/mol. The van der Waals surface area contributed by atoms with Crippen LogP contribution in [-0.4, -0.2) is 10.4 Å². The Bertz CT molecular complexity index is 670. The van der Waals surface area contributed by atoms with Crippen LogP contribution in [0.15, 0.2) is 42.7 Å². The molecule has 0 spiro atoms. The Morgan fingerprint density at radius 2 is 1.85 bits per heavy atom. The first-order valence-electron chi connectivity index (χ1n) is 7.09. The van der Waals surface area contributed by atoms with Crippen LogP contribution in [0.4, 0.5) is 0 Å². The van der Waals surface area contributed by atoms with Gasteiger partial charge < -0.3 is 4.57 Å². The van der Waals surface area contributed by atoms with E-state index in [1.807, 2.05) is 41.1 Å². The maximum absolute atomic E-state index is 12.0. The van der Waals surface area contributed by atoms with Crippen molar-refractivity contribution in [3.8, 4) is 11.8 Å². The number of ketones is 1. The monoisotopic (exact) mass is 263 g/mol. The second-order valence-corrected chi connectivity index (χ2v) is 5.17. The quantitative estimate of drug-likeness (QED) is 0.570. The van der Waals surface area contributed by atoms with Crippen LogP contribution in [-0.2, 0) is 13.0 Å². The minimum Gasteiger partial charge on any atom is -0.342 e. The SMILES string of the molecule is O=C1CCCCc2cn(CC#Cc3ccccc3)cc21. The zero-order valence-electron chi connectivity index (χ0n) is 11.4. The lowest BCUT2D eigenvalue weighted by molar-refractivity contribution is 0.0982. The van der Waals surface area contributed by atoms with Gasteiger partial charge in [0, 0.05) is 29.9 Å². The third-order valence-electron chi connectivity index (χ3n) is 3.63. The smallest absolute Gasteiger partial charge is 0.164 e. The standard InChI is InChI=1S/C18H17NO/c20-18-11-5-4-10-16-13-19(14-17(16)18)12-6-9-15-7-2-1-3-8-15/h1-3,7-8,13-14H,4-5,10-12H2. The van der Waals surface area contributed by atoms with Gasteiger partial charge in [-0.3, -0.25) is 4.79 Å². The summed E-state index contributed by atoms with van der Waals surface area (Å²) >= 11 is 0. The Morgan fingerprint density at radius 3 is 2.70 bits per heavy atom. The molecule has 20 heavy (non-hydrogen) atoms. The molecule has 100 valence electrons. The van der Waals surface area contributed by atoms with E-state index >= 15 is 0 Å². The molecular formula is C18H17NO. The third kappa shape index (κ3) is 2.83. The molecule has 2 aromatic rings. The van der Waals surface area contributed by atoms with Crippen molar-refractivity contribution in [2.75, 3.05) is 0 Å². The summed E-state index contributed by atoms with van der Waals surface area (Å²) in [7, 11) is 0. The molecule has 0 N–H and O–H groups in total. The summed E-state index contributed by atoms with van der Waals surface area (Å²) in [5, 5.41) is 0. The molecule has 0 bridgehead atoms. The first-order valence-corrected chi connectivity index (χ1v) is 7.09. The number of hydrogen-bond acceptors (Lipinski definition) is 1. The summed E-state index contributed by atoms with van der Waals surface area (Å²) in [6.07, 6.45) is 7.87. The fourth-order valence-electron chi connectivity index (χ4n) is 2.59.